The van der Waals surface area contributed by atoms with Crippen LogP contribution in [0.4, 0.5) is 0 Å². The van der Waals surface area contributed by atoms with Gasteiger partial charge in [-0.2, -0.15) is 0 Å². The molecule has 93 valence electrons. The zero-order valence-electron chi connectivity index (χ0n) is 9.93. The van der Waals surface area contributed by atoms with Crippen LogP contribution in [0.15, 0.2) is 30.3 Å². The van der Waals surface area contributed by atoms with E-state index < -0.39 is 0 Å². The van der Waals surface area contributed by atoms with E-state index in [0.29, 0.717) is 5.75 Å². The Bertz CT molecular complexity index is 329. The predicted molar refractivity (Wildman–Crippen MR) is 74.6 cm³/mol. The molecule has 2 nitrogen and oxygen atoms in total. The zero-order chi connectivity index (χ0) is 12.5. The summed E-state index contributed by atoms with van der Waals surface area (Å²) in [5.41, 5.74) is 0. The molecule has 1 unspecified atom stereocenters. The van der Waals surface area contributed by atoms with Gasteiger partial charge in [0.15, 0.2) is 0 Å². The second-order valence-electron chi connectivity index (χ2n) is 3.79. The molecule has 4 heteroatoms. The van der Waals surface area contributed by atoms with Gasteiger partial charge < -0.3 is 0 Å². The Morgan fingerprint density at radius 2 is 2.00 bits per heavy atom. The van der Waals surface area contributed by atoms with Gasteiger partial charge in [0, 0.05) is 0 Å². The van der Waals surface area contributed by atoms with Crippen LogP contribution in [0.1, 0.15) is 26.2 Å². The van der Waals surface area contributed by atoms with Crippen LogP contribution in [-0.2, 0) is 4.74 Å². The van der Waals surface area contributed by atoms with Crippen LogP contribution in [0, 0.1) is 0 Å². The van der Waals surface area contributed by atoms with E-state index in [0.717, 1.165) is 18.2 Å². The molecule has 1 aromatic carbocycles. The Hall–Kier alpha value is -0.571. The van der Waals surface area contributed by atoms with Gasteiger partial charge in [-0.3, -0.25) is 0 Å². The van der Waals surface area contributed by atoms with Crippen molar-refractivity contribution in [3.05, 3.63) is 30.3 Å². The Morgan fingerprint density at radius 1 is 1.29 bits per heavy atom. The van der Waals surface area contributed by atoms with E-state index in [1.165, 1.54) is 6.42 Å². The first-order valence-electron chi connectivity index (χ1n) is 5.74. The Labute approximate surface area is 117 Å². The van der Waals surface area contributed by atoms with Gasteiger partial charge in [-0.05, 0) is 0 Å². The van der Waals surface area contributed by atoms with Gasteiger partial charge >= 0.3 is 117 Å². The van der Waals surface area contributed by atoms with Gasteiger partial charge in [-0.1, -0.05) is 0 Å². The molecule has 0 heterocycles. The Balaban J connectivity index is 2.25. The average Bonchev–Trinajstić information content (AvgIpc) is 2.30. The van der Waals surface area contributed by atoms with Crippen LogP contribution >= 0.6 is 12.2 Å². The van der Waals surface area contributed by atoms with Crippen LogP contribution < -0.4 is 4.74 Å². The molecule has 1 atom stereocenters. The molecule has 1 radical (unpaired) electrons. The number of rotatable bonds is 6. The van der Waals surface area contributed by atoms with Crippen LogP contribution in [0.25, 0.3) is 0 Å². The molecule has 17 heavy (non-hydrogen) atoms. The second kappa shape index (κ2) is 8.51. The molecular weight excluding hydrogens is 299 g/mol. The fourth-order valence-electron chi connectivity index (χ4n) is 1.37. The molecule has 0 spiro atoms. The third kappa shape index (κ3) is 6.67. The van der Waals surface area contributed by atoms with Gasteiger partial charge in [0.1, 0.15) is 0 Å². The van der Waals surface area contributed by atoms with Crippen LogP contribution in [-0.4, -0.2) is 27.4 Å². The topological polar surface area (TPSA) is 18.5 Å². The first kappa shape index (κ1) is 14.5. The van der Waals surface area contributed by atoms with E-state index >= 15 is 0 Å². The molecule has 0 fully saturated rings. The third-order valence-electron chi connectivity index (χ3n) is 2.25. The summed E-state index contributed by atoms with van der Waals surface area (Å²) in [6.45, 7) is 2.01. The summed E-state index contributed by atoms with van der Waals surface area (Å²) in [7, 11) is 0. The number of thiocarbonyl (C=S) groups is 1. The van der Waals surface area contributed by atoms with Crippen molar-refractivity contribution in [2.45, 2.75) is 37.6 Å². The fourth-order valence-corrected chi connectivity index (χ4v) is 2.05. The zero-order valence-corrected chi connectivity index (χ0v) is 12.5. The minimum atomic E-state index is 0.109. The van der Waals surface area contributed by atoms with E-state index in [-0.39, 0.29) is 11.3 Å². The molecule has 0 N–H and O–H groups in total. The van der Waals surface area contributed by atoms with Gasteiger partial charge in [0.2, 0.25) is 0 Å². The van der Waals surface area contributed by atoms with Crippen molar-refractivity contribution in [1.29, 1.82) is 0 Å². The van der Waals surface area contributed by atoms with Crippen molar-refractivity contribution in [3.63, 3.8) is 0 Å². The predicted octanol–water partition coefficient (Wildman–Crippen LogP) is 3.51. The van der Waals surface area contributed by atoms with Crippen LogP contribution in [0.3, 0.4) is 0 Å². The SMILES string of the molecule is CC(CCCC[Se])OC(=S)Oc1ccccc1. The molecule has 1 aromatic rings. The number of hydrogen-bond acceptors (Lipinski definition) is 3. The Kier molecular flexibility index (Phi) is 7.25. The van der Waals surface area contributed by atoms with E-state index in [9.17, 15) is 0 Å². The number of unbranched alkanes of at least 4 members (excludes halogenated alkanes) is 1. The van der Waals surface area contributed by atoms with Gasteiger partial charge in [0.05, 0.1) is 0 Å². The molecule has 0 bridgehead atoms. The molecule has 0 saturated heterocycles. The van der Waals surface area contributed by atoms with E-state index in [4.69, 9.17) is 21.7 Å². The molecule has 0 aliphatic heterocycles. The standard InChI is InChI=1S/C13H17O2SSe/c1-11(7-5-6-10-17)14-13(16)15-12-8-3-2-4-9-12/h2-4,8-9,11H,5-7,10H2,1H3. The molecule has 0 saturated carbocycles. The number of ether oxygens (including phenoxy) is 2. The first-order valence-corrected chi connectivity index (χ1v) is 7.36. The molecule has 0 aromatic heterocycles. The van der Waals surface area contributed by atoms with Crippen molar-refractivity contribution >= 4 is 33.5 Å². The summed E-state index contributed by atoms with van der Waals surface area (Å²) in [6, 6.07) is 9.44. The van der Waals surface area contributed by atoms with E-state index in [1.54, 1.807) is 0 Å². The van der Waals surface area contributed by atoms with Crippen LogP contribution in [0.5, 0.6) is 5.75 Å². The molecule has 0 aliphatic rings. The summed E-state index contributed by atoms with van der Waals surface area (Å²) in [4.78, 5) is 0. The third-order valence-corrected chi connectivity index (χ3v) is 3.03. The number of para-hydroxylation sites is 1. The van der Waals surface area contributed by atoms with Crippen LogP contribution in [0.2, 0.25) is 5.32 Å². The van der Waals surface area contributed by atoms with Crippen molar-refractivity contribution in [2.75, 3.05) is 0 Å². The van der Waals surface area contributed by atoms with Crippen molar-refractivity contribution in [1.82, 2.24) is 0 Å². The molecule has 0 amide bonds. The average molecular weight is 316 g/mol. The van der Waals surface area contributed by atoms with Crippen molar-refractivity contribution in [3.8, 4) is 5.75 Å². The van der Waals surface area contributed by atoms with Crippen molar-refractivity contribution in [2.24, 2.45) is 0 Å². The van der Waals surface area contributed by atoms with Gasteiger partial charge in [-0.25, -0.2) is 0 Å². The van der Waals surface area contributed by atoms with E-state index in [1.807, 2.05) is 37.3 Å². The first-order chi connectivity index (χ1) is 8.22. The Morgan fingerprint density at radius 3 is 2.65 bits per heavy atom. The summed E-state index contributed by atoms with van der Waals surface area (Å²) in [5.74, 6) is 0.716. The van der Waals surface area contributed by atoms with E-state index in [2.05, 4.69) is 16.0 Å². The normalized spacial score (nSPS) is 11.9. The van der Waals surface area contributed by atoms with Gasteiger partial charge in [-0.15, -0.1) is 0 Å². The fraction of sp³-hybridized carbons (Fsp3) is 0.462. The second-order valence-corrected chi connectivity index (χ2v) is 4.98. The number of hydrogen-bond donors (Lipinski definition) is 0. The maximum absolute atomic E-state index is 5.50. The molecular formula is C13H17O2SSe. The molecule has 0 aliphatic carbocycles. The quantitative estimate of drug-likeness (QED) is 0.454. The molecule has 1 rings (SSSR count). The minimum absolute atomic E-state index is 0.109. The number of benzene rings is 1. The maximum atomic E-state index is 5.50. The summed E-state index contributed by atoms with van der Waals surface area (Å²) in [5, 5.41) is 1.30. The van der Waals surface area contributed by atoms with Gasteiger partial charge in [0.25, 0.3) is 0 Å². The summed E-state index contributed by atoms with van der Waals surface area (Å²) in [6.07, 6.45) is 3.43. The van der Waals surface area contributed by atoms with Crippen molar-refractivity contribution < 1.29 is 9.47 Å². The monoisotopic (exact) mass is 317 g/mol. The summed E-state index contributed by atoms with van der Waals surface area (Å²) >= 11 is 8.04. The summed E-state index contributed by atoms with van der Waals surface area (Å²) < 4.78 is 10.9.